The highest BCUT2D eigenvalue weighted by Gasteiger charge is 2.36. The second-order valence-electron chi connectivity index (χ2n) is 7.96. The van der Waals surface area contributed by atoms with Gasteiger partial charge in [0.1, 0.15) is 16.4 Å². The van der Waals surface area contributed by atoms with Crippen LogP contribution < -0.4 is 4.74 Å². The van der Waals surface area contributed by atoms with E-state index in [1.165, 1.54) is 5.56 Å². The van der Waals surface area contributed by atoms with Crippen molar-refractivity contribution in [3.63, 3.8) is 0 Å². The Balaban J connectivity index is 1.31. The maximum atomic E-state index is 11.2. The third-order valence-corrected chi connectivity index (χ3v) is 6.72. The van der Waals surface area contributed by atoms with Crippen molar-refractivity contribution in [2.45, 2.75) is 44.1 Å². The van der Waals surface area contributed by atoms with E-state index in [1.54, 1.807) is 18.4 Å². The molecule has 2 aliphatic rings. The van der Waals surface area contributed by atoms with Crippen molar-refractivity contribution in [1.29, 1.82) is 0 Å². The number of β-amino-alcohol motifs (C(OH)–C–C–N with tert-alkyl or cyclic N) is 1. The molecule has 2 saturated heterocycles. The van der Waals surface area contributed by atoms with E-state index in [4.69, 9.17) is 9.72 Å². The second kappa shape index (κ2) is 8.47. The lowest BCUT2D eigenvalue weighted by atomic mass is 9.88. The number of aliphatic hydroxyl groups is 2. The summed E-state index contributed by atoms with van der Waals surface area (Å²) in [6, 6.07) is 8.18. The fourth-order valence-electron chi connectivity index (χ4n) is 4.07. The summed E-state index contributed by atoms with van der Waals surface area (Å²) in [4.78, 5) is 9.35. The Labute approximate surface area is 170 Å². The average molecular weight is 404 g/mol. The molecule has 3 heterocycles. The molecule has 2 aromatic rings. The van der Waals surface area contributed by atoms with Gasteiger partial charge in [0.15, 0.2) is 0 Å². The van der Waals surface area contributed by atoms with Crippen LogP contribution in [0.2, 0.25) is 0 Å². The largest absolute Gasteiger partial charge is 0.497 e. The molecule has 0 saturated carbocycles. The predicted octanol–water partition coefficient (Wildman–Crippen LogP) is 2.20. The molecule has 2 aliphatic heterocycles. The molecule has 7 heteroatoms. The minimum absolute atomic E-state index is 0.210. The summed E-state index contributed by atoms with van der Waals surface area (Å²) in [7, 11) is 1.68. The normalized spacial score (nSPS) is 23.2. The van der Waals surface area contributed by atoms with Gasteiger partial charge in [0.25, 0.3) is 0 Å². The smallest absolute Gasteiger partial charge is 0.118 e. The first-order valence-electron chi connectivity index (χ1n) is 9.97. The van der Waals surface area contributed by atoms with Crippen LogP contribution in [0.25, 0.3) is 0 Å². The van der Waals surface area contributed by atoms with Gasteiger partial charge in [-0.15, -0.1) is 11.3 Å². The second-order valence-corrected chi connectivity index (χ2v) is 8.90. The molecule has 0 aliphatic carbocycles. The number of ether oxygens (including phenoxy) is 1. The Hall–Kier alpha value is -1.51. The zero-order chi connectivity index (χ0) is 19.6. The van der Waals surface area contributed by atoms with Crippen LogP contribution in [-0.4, -0.2) is 64.4 Å². The summed E-state index contributed by atoms with van der Waals surface area (Å²) < 4.78 is 5.22. The molecule has 0 bridgehead atoms. The first kappa shape index (κ1) is 19.8. The van der Waals surface area contributed by atoms with Crippen LogP contribution in [0.1, 0.15) is 35.5 Å². The minimum Gasteiger partial charge on any atom is -0.497 e. The summed E-state index contributed by atoms with van der Waals surface area (Å²) in [5.74, 6) is 0.875. The standard InChI is InChI=1S/C21H29N3O3S/c1-27-18-4-2-16(3-5-18)12-23-10-7-21(26,8-11-23)19-15-28-20(22-19)14-24-9-6-17(25)13-24/h2-5,15,17,25-26H,6-14H2,1H3/t17-/m1/s1. The van der Waals surface area contributed by atoms with Crippen molar-refractivity contribution >= 4 is 11.3 Å². The number of hydrogen-bond donors (Lipinski definition) is 2. The molecule has 1 aromatic carbocycles. The Bertz CT molecular complexity index is 771. The number of aromatic nitrogens is 1. The Morgan fingerprint density at radius 1 is 1.14 bits per heavy atom. The summed E-state index contributed by atoms with van der Waals surface area (Å²) >= 11 is 1.62. The molecule has 28 heavy (non-hydrogen) atoms. The van der Waals surface area contributed by atoms with Gasteiger partial charge >= 0.3 is 0 Å². The summed E-state index contributed by atoms with van der Waals surface area (Å²) in [5, 5.41) is 23.9. The minimum atomic E-state index is -0.824. The number of benzene rings is 1. The Kier molecular flexibility index (Phi) is 5.99. The number of nitrogens with zero attached hydrogens (tertiary/aromatic N) is 3. The van der Waals surface area contributed by atoms with E-state index in [2.05, 4.69) is 21.9 Å². The van der Waals surface area contributed by atoms with E-state index in [9.17, 15) is 10.2 Å². The van der Waals surface area contributed by atoms with Crippen molar-refractivity contribution in [2.24, 2.45) is 0 Å². The molecule has 0 amide bonds. The zero-order valence-electron chi connectivity index (χ0n) is 16.4. The van der Waals surface area contributed by atoms with Crippen LogP contribution in [0.4, 0.5) is 0 Å². The number of piperidine rings is 1. The van der Waals surface area contributed by atoms with Crippen molar-refractivity contribution in [2.75, 3.05) is 33.3 Å². The molecule has 0 unspecified atom stereocenters. The first-order chi connectivity index (χ1) is 13.5. The van der Waals surface area contributed by atoms with Crippen LogP contribution >= 0.6 is 11.3 Å². The van der Waals surface area contributed by atoms with Gasteiger partial charge in [0.05, 0.1) is 25.5 Å². The SMILES string of the molecule is COc1ccc(CN2CCC(O)(c3csc(CN4CC[C@@H](O)C4)n3)CC2)cc1. The topological polar surface area (TPSA) is 69.1 Å². The van der Waals surface area contributed by atoms with E-state index >= 15 is 0 Å². The molecule has 0 radical (unpaired) electrons. The van der Waals surface area contributed by atoms with Gasteiger partial charge in [-0.3, -0.25) is 9.80 Å². The third-order valence-electron chi connectivity index (χ3n) is 5.88. The van der Waals surface area contributed by atoms with Gasteiger partial charge in [0, 0.05) is 38.1 Å². The molecular formula is C21H29N3O3S. The molecule has 2 N–H and O–H groups in total. The molecule has 152 valence electrons. The van der Waals surface area contributed by atoms with Crippen molar-refractivity contribution in [1.82, 2.24) is 14.8 Å². The maximum Gasteiger partial charge on any atom is 0.118 e. The highest BCUT2D eigenvalue weighted by molar-refractivity contribution is 7.09. The summed E-state index contributed by atoms with van der Waals surface area (Å²) in [6.07, 6.45) is 2.04. The lowest BCUT2D eigenvalue weighted by molar-refractivity contribution is -0.0308. The van der Waals surface area contributed by atoms with Crippen molar-refractivity contribution in [3.8, 4) is 5.75 Å². The molecule has 2 fully saturated rings. The van der Waals surface area contributed by atoms with Gasteiger partial charge in [-0.1, -0.05) is 12.1 Å². The Morgan fingerprint density at radius 3 is 2.54 bits per heavy atom. The highest BCUT2D eigenvalue weighted by atomic mass is 32.1. The lowest BCUT2D eigenvalue weighted by Gasteiger charge is -2.37. The average Bonchev–Trinajstić information content (AvgIpc) is 3.34. The van der Waals surface area contributed by atoms with Gasteiger partial charge < -0.3 is 14.9 Å². The van der Waals surface area contributed by atoms with E-state index < -0.39 is 5.60 Å². The highest BCUT2D eigenvalue weighted by Crippen LogP contribution is 2.34. The van der Waals surface area contributed by atoms with E-state index in [0.717, 1.165) is 62.1 Å². The van der Waals surface area contributed by atoms with Crippen LogP contribution in [0.5, 0.6) is 5.75 Å². The quantitative estimate of drug-likeness (QED) is 0.771. The monoisotopic (exact) mass is 403 g/mol. The van der Waals surface area contributed by atoms with Gasteiger partial charge in [-0.2, -0.15) is 0 Å². The van der Waals surface area contributed by atoms with E-state index in [-0.39, 0.29) is 6.10 Å². The summed E-state index contributed by atoms with van der Waals surface area (Å²) in [5.41, 5.74) is 1.25. The molecule has 6 nitrogen and oxygen atoms in total. The van der Waals surface area contributed by atoms with Crippen molar-refractivity contribution < 1.29 is 14.9 Å². The van der Waals surface area contributed by atoms with Gasteiger partial charge in [0.2, 0.25) is 0 Å². The van der Waals surface area contributed by atoms with Crippen molar-refractivity contribution in [3.05, 3.63) is 45.9 Å². The third kappa shape index (κ3) is 4.55. The molecule has 4 rings (SSSR count). The Morgan fingerprint density at radius 2 is 1.89 bits per heavy atom. The predicted molar refractivity (Wildman–Crippen MR) is 109 cm³/mol. The number of aliphatic hydroxyl groups excluding tert-OH is 1. The molecule has 0 spiro atoms. The summed E-state index contributed by atoms with van der Waals surface area (Å²) in [6.45, 7) is 5.00. The lowest BCUT2D eigenvalue weighted by Crippen LogP contribution is -2.42. The number of likely N-dealkylation sites (tertiary alicyclic amines) is 2. The maximum absolute atomic E-state index is 11.2. The number of methoxy groups -OCH3 is 1. The zero-order valence-corrected chi connectivity index (χ0v) is 17.2. The number of rotatable bonds is 6. The molecule has 1 aromatic heterocycles. The molecular weight excluding hydrogens is 374 g/mol. The van der Waals surface area contributed by atoms with Gasteiger partial charge in [-0.25, -0.2) is 4.98 Å². The molecule has 1 atom stereocenters. The van der Waals surface area contributed by atoms with Gasteiger partial charge in [-0.05, 0) is 37.0 Å². The van der Waals surface area contributed by atoms with Crippen LogP contribution in [-0.2, 0) is 18.7 Å². The fraction of sp³-hybridized carbons (Fsp3) is 0.571. The fourth-order valence-corrected chi connectivity index (χ4v) is 5.00. The van der Waals surface area contributed by atoms with Crippen LogP contribution in [0, 0.1) is 0 Å². The number of hydrogen-bond acceptors (Lipinski definition) is 7. The van der Waals surface area contributed by atoms with E-state index in [1.807, 2.05) is 17.5 Å². The number of thiazole rings is 1. The first-order valence-corrected chi connectivity index (χ1v) is 10.8. The van der Waals surface area contributed by atoms with Crippen LogP contribution in [0.3, 0.4) is 0 Å². The van der Waals surface area contributed by atoms with E-state index in [0.29, 0.717) is 12.8 Å². The van der Waals surface area contributed by atoms with Crippen LogP contribution in [0.15, 0.2) is 29.6 Å².